The predicted molar refractivity (Wildman–Crippen MR) is 53.3 cm³/mol. The fraction of sp³-hybridized carbons (Fsp3) is 0.167. The smallest absolute Gasteiger partial charge is 0.126 e. The van der Waals surface area contributed by atoms with E-state index in [2.05, 4.69) is 30.3 Å². The molecule has 0 amide bonds. The molecule has 64 valence electrons. The standard InChI is InChI=1S/C12H10O/c1-13-11-6-5-9-7-8-3-2-4-10(11)12(8)9/h2-6H,7H2,1H3. The monoisotopic (exact) mass is 170 g/mol. The Morgan fingerprint density at radius 3 is 2.77 bits per heavy atom. The molecule has 0 bridgehead atoms. The van der Waals surface area contributed by atoms with Crippen molar-refractivity contribution < 1.29 is 4.74 Å². The van der Waals surface area contributed by atoms with Crippen LogP contribution in [0, 0.1) is 0 Å². The summed E-state index contributed by atoms with van der Waals surface area (Å²) in [4.78, 5) is 0. The Morgan fingerprint density at radius 2 is 1.92 bits per heavy atom. The molecule has 0 N–H and O–H groups in total. The molecule has 0 atom stereocenters. The van der Waals surface area contributed by atoms with Crippen LogP contribution in [0.5, 0.6) is 5.75 Å². The lowest BCUT2D eigenvalue weighted by molar-refractivity contribution is 0.419. The Labute approximate surface area is 77.0 Å². The summed E-state index contributed by atoms with van der Waals surface area (Å²) >= 11 is 0. The zero-order chi connectivity index (χ0) is 8.84. The van der Waals surface area contributed by atoms with Crippen LogP contribution < -0.4 is 4.74 Å². The summed E-state index contributed by atoms with van der Waals surface area (Å²) in [5.41, 5.74) is 2.90. The third-order valence-corrected chi connectivity index (χ3v) is 2.77. The summed E-state index contributed by atoms with van der Waals surface area (Å²) in [7, 11) is 1.72. The van der Waals surface area contributed by atoms with Crippen molar-refractivity contribution in [2.24, 2.45) is 0 Å². The van der Waals surface area contributed by atoms with Gasteiger partial charge in [-0.2, -0.15) is 0 Å². The van der Waals surface area contributed by atoms with Gasteiger partial charge in [0.25, 0.3) is 0 Å². The van der Waals surface area contributed by atoms with Gasteiger partial charge in [-0.05, 0) is 29.0 Å². The molecule has 0 radical (unpaired) electrons. The van der Waals surface area contributed by atoms with Gasteiger partial charge in [0.15, 0.2) is 0 Å². The van der Waals surface area contributed by atoms with Crippen LogP contribution >= 0.6 is 0 Å². The number of methoxy groups -OCH3 is 1. The van der Waals surface area contributed by atoms with Crippen LogP contribution in [0.25, 0.3) is 10.8 Å². The number of benzene rings is 2. The first-order valence-corrected chi connectivity index (χ1v) is 4.47. The summed E-state index contributed by atoms with van der Waals surface area (Å²) in [6.07, 6.45) is 1.12. The molecular formula is C12H10O. The highest BCUT2D eigenvalue weighted by Crippen LogP contribution is 2.38. The van der Waals surface area contributed by atoms with Gasteiger partial charge in [-0.15, -0.1) is 0 Å². The first kappa shape index (κ1) is 6.96. The van der Waals surface area contributed by atoms with Gasteiger partial charge < -0.3 is 4.74 Å². The molecule has 2 aromatic carbocycles. The van der Waals surface area contributed by atoms with Crippen LogP contribution in [0.2, 0.25) is 0 Å². The van der Waals surface area contributed by atoms with Crippen molar-refractivity contribution >= 4 is 10.8 Å². The van der Waals surface area contributed by atoms with E-state index >= 15 is 0 Å². The lowest BCUT2D eigenvalue weighted by Crippen LogP contribution is -2.03. The maximum Gasteiger partial charge on any atom is 0.126 e. The molecule has 1 aliphatic rings. The highest BCUT2D eigenvalue weighted by atomic mass is 16.5. The summed E-state index contributed by atoms with van der Waals surface area (Å²) in [5, 5.41) is 2.66. The number of ether oxygens (including phenoxy) is 1. The van der Waals surface area contributed by atoms with Crippen LogP contribution in [-0.2, 0) is 6.42 Å². The van der Waals surface area contributed by atoms with E-state index in [1.165, 1.54) is 21.9 Å². The number of hydrogen-bond donors (Lipinski definition) is 0. The minimum atomic E-state index is 0.986. The molecule has 0 aliphatic heterocycles. The summed E-state index contributed by atoms with van der Waals surface area (Å²) < 4.78 is 5.31. The van der Waals surface area contributed by atoms with Crippen LogP contribution in [0.3, 0.4) is 0 Å². The van der Waals surface area contributed by atoms with Crippen LogP contribution in [0.1, 0.15) is 11.1 Å². The van der Waals surface area contributed by atoms with Crippen molar-refractivity contribution in [2.45, 2.75) is 6.42 Å². The molecule has 2 aromatic rings. The topological polar surface area (TPSA) is 9.23 Å². The fourth-order valence-corrected chi connectivity index (χ4v) is 2.11. The fourth-order valence-electron chi connectivity index (χ4n) is 2.11. The number of hydrogen-bond acceptors (Lipinski definition) is 1. The highest BCUT2D eigenvalue weighted by Gasteiger charge is 2.17. The molecule has 1 aliphatic carbocycles. The molecule has 0 spiro atoms. The average molecular weight is 170 g/mol. The maximum absolute atomic E-state index is 5.31. The molecule has 0 saturated heterocycles. The third kappa shape index (κ3) is 0.765. The molecule has 0 heterocycles. The van der Waals surface area contributed by atoms with Crippen molar-refractivity contribution in [3.8, 4) is 5.75 Å². The van der Waals surface area contributed by atoms with Crippen LogP contribution in [-0.4, -0.2) is 7.11 Å². The van der Waals surface area contributed by atoms with Crippen LogP contribution in [0.4, 0.5) is 0 Å². The second-order valence-electron chi connectivity index (χ2n) is 3.44. The molecule has 13 heavy (non-hydrogen) atoms. The van der Waals surface area contributed by atoms with Crippen LogP contribution in [0.15, 0.2) is 30.3 Å². The Hall–Kier alpha value is -1.50. The quantitative estimate of drug-likeness (QED) is 0.545. The minimum Gasteiger partial charge on any atom is -0.496 e. The predicted octanol–water partition coefficient (Wildman–Crippen LogP) is 2.75. The van der Waals surface area contributed by atoms with Gasteiger partial charge in [-0.25, -0.2) is 0 Å². The molecule has 0 fully saturated rings. The summed E-state index contributed by atoms with van der Waals surface area (Å²) in [6.45, 7) is 0. The third-order valence-electron chi connectivity index (χ3n) is 2.77. The van der Waals surface area contributed by atoms with E-state index < -0.39 is 0 Å². The largest absolute Gasteiger partial charge is 0.496 e. The highest BCUT2D eigenvalue weighted by molar-refractivity contribution is 5.98. The lowest BCUT2D eigenvalue weighted by atomic mass is 9.85. The zero-order valence-electron chi connectivity index (χ0n) is 7.50. The Kier molecular flexibility index (Phi) is 1.21. The van der Waals surface area contributed by atoms with E-state index in [0.29, 0.717) is 0 Å². The maximum atomic E-state index is 5.31. The van der Waals surface area contributed by atoms with Gasteiger partial charge in [-0.3, -0.25) is 0 Å². The first-order chi connectivity index (χ1) is 6.40. The van der Waals surface area contributed by atoms with E-state index in [1.807, 2.05) is 0 Å². The second kappa shape index (κ2) is 2.25. The van der Waals surface area contributed by atoms with Crippen molar-refractivity contribution in [3.05, 3.63) is 41.5 Å². The van der Waals surface area contributed by atoms with E-state index in [0.717, 1.165) is 12.2 Å². The van der Waals surface area contributed by atoms with Gasteiger partial charge in [0.05, 0.1) is 7.11 Å². The van der Waals surface area contributed by atoms with E-state index in [9.17, 15) is 0 Å². The average Bonchev–Trinajstić information content (AvgIpc) is 2.14. The van der Waals surface area contributed by atoms with E-state index in [1.54, 1.807) is 7.11 Å². The second-order valence-corrected chi connectivity index (χ2v) is 3.44. The minimum absolute atomic E-state index is 0.986. The van der Waals surface area contributed by atoms with Gasteiger partial charge in [0.1, 0.15) is 5.75 Å². The normalized spacial score (nSPS) is 12.7. The summed E-state index contributed by atoms with van der Waals surface area (Å²) in [5.74, 6) is 0.986. The van der Waals surface area contributed by atoms with Gasteiger partial charge >= 0.3 is 0 Å². The van der Waals surface area contributed by atoms with E-state index in [-0.39, 0.29) is 0 Å². The zero-order valence-corrected chi connectivity index (χ0v) is 7.50. The summed E-state index contributed by atoms with van der Waals surface area (Å²) in [6, 6.07) is 10.6. The number of rotatable bonds is 1. The van der Waals surface area contributed by atoms with Gasteiger partial charge in [0.2, 0.25) is 0 Å². The molecule has 0 saturated carbocycles. The lowest BCUT2D eigenvalue weighted by Gasteiger charge is -2.21. The van der Waals surface area contributed by atoms with Crippen molar-refractivity contribution in [2.75, 3.05) is 7.11 Å². The van der Waals surface area contributed by atoms with Crippen molar-refractivity contribution in [1.82, 2.24) is 0 Å². The molecule has 0 unspecified atom stereocenters. The molecule has 1 nitrogen and oxygen atoms in total. The Bertz CT molecular complexity index is 477. The Balaban J connectivity index is 2.47. The van der Waals surface area contributed by atoms with Gasteiger partial charge in [0, 0.05) is 5.39 Å². The first-order valence-electron chi connectivity index (χ1n) is 4.47. The SMILES string of the molecule is COc1ccc2c3c(cccc13)C2. The molecule has 1 heteroatoms. The molecular weight excluding hydrogens is 160 g/mol. The van der Waals surface area contributed by atoms with E-state index in [4.69, 9.17) is 4.74 Å². The van der Waals surface area contributed by atoms with Gasteiger partial charge in [-0.1, -0.05) is 24.3 Å². The van der Waals surface area contributed by atoms with Crippen molar-refractivity contribution in [1.29, 1.82) is 0 Å². The Morgan fingerprint density at radius 1 is 1.08 bits per heavy atom. The molecule has 3 rings (SSSR count). The molecule has 0 aromatic heterocycles. The van der Waals surface area contributed by atoms with Crippen molar-refractivity contribution in [3.63, 3.8) is 0 Å².